The molecule has 4 atom stereocenters. The molecule has 6 rings (SSSR count). The number of fused-ring (bicyclic) bond motifs is 1. The molecule has 2 aromatic rings. The Morgan fingerprint density at radius 1 is 1.11 bits per heavy atom. The van der Waals surface area contributed by atoms with Crippen LogP contribution >= 0.6 is 0 Å². The minimum atomic E-state index is -2.63. The van der Waals surface area contributed by atoms with Crippen LogP contribution in [0.2, 0.25) is 0 Å². The lowest BCUT2D eigenvalue weighted by atomic mass is 9.84. The van der Waals surface area contributed by atoms with Gasteiger partial charge in [-0.25, -0.2) is 9.98 Å². The zero-order valence-electron chi connectivity index (χ0n) is 20.6. The molecule has 0 radical (unpaired) electrons. The molecule has 198 valence electrons. The number of carbonyl (C=O) groups is 3. The summed E-state index contributed by atoms with van der Waals surface area (Å²) in [7, 11) is 0. The molecule has 3 amide bonds. The molecule has 13 heteroatoms. The fraction of sp³-hybridized carbons (Fsp3) is 0.400. The molecule has 1 spiro atoms. The van der Waals surface area contributed by atoms with Crippen LogP contribution in [0.1, 0.15) is 28.8 Å². The largest absolute Gasteiger partial charge is 0.370 e. The molecule has 8 N–H and O–H groups in total. The fourth-order valence-electron chi connectivity index (χ4n) is 6.15. The number of carbonyl (C=O) groups excluding carboxylic acids is 3. The maximum Gasteiger partial charge on any atom is 0.252 e. The Balaban J connectivity index is 1.34. The fourth-order valence-corrected chi connectivity index (χ4v) is 6.15. The van der Waals surface area contributed by atoms with E-state index in [9.17, 15) is 24.6 Å². The van der Waals surface area contributed by atoms with Crippen molar-refractivity contribution in [2.45, 2.75) is 49.3 Å². The van der Waals surface area contributed by atoms with Crippen molar-refractivity contribution in [3.05, 3.63) is 47.5 Å². The van der Waals surface area contributed by atoms with Gasteiger partial charge in [0.05, 0.1) is 12.6 Å². The molecule has 4 aliphatic heterocycles. The van der Waals surface area contributed by atoms with Crippen LogP contribution in [0, 0.1) is 6.92 Å². The Kier molecular flexibility index (Phi) is 5.16. The van der Waals surface area contributed by atoms with Gasteiger partial charge in [-0.15, -0.1) is 0 Å². The second-order valence-corrected chi connectivity index (χ2v) is 10.1. The number of guanidine groups is 2. The number of nitrogens with two attached hydrogens (primary N) is 2. The third-order valence-electron chi connectivity index (χ3n) is 8.02. The molecule has 4 heterocycles. The number of aryl methyl sites for hydroxylation is 1. The van der Waals surface area contributed by atoms with Crippen molar-refractivity contribution < 1.29 is 24.6 Å². The highest BCUT2D eigenvalue weighted by atomic mass is 16.5. The highest BCUT2D eigenvalue weighted by molar-refractivity contribution is 6.08. The molecule has 4 aliphatic rings. The molecule has 38 heavy (non-hydrogen) atoms. The molecular weight excluding hydrogens is 492 g/mol. The van der Waals surface area contributed by atoms with Crippen LogP contribution in [0.3, 0.4) is 0 Å². The summed E-state index contributed by atoms with van der Waals surface area (Å²) < 4.78 is 0. The first-order valence-electron chi connectivity index (χ1n) is 12.3. The summed E-state index contributed by atoms with van der Waals surface area (Å²) in [5, 5.41) is 30.5. The van der Waals surface area contributed by atoms with E-state index >= 15 is 0 Å². The van der Waals surface area contributed by atoms with Gasteiger partial charge in [0.25, 0.3) is 5.91 Å². The first-order valence-corrected chi connectivity index (χ1v) is 12.3. The number of imide groups is 1. The summed E-state index contributed by atoms with van der Waals surface area (Å²) in [6, 6.07) is 7.85. The van der Waals surface area contributed by atoms with Crippen molar-refractivity contribution in [3.8, 4) is 0 Å². The maximum atomic E-state index is 13.5. The summed E-state index contributed by atoms with van der Waals surface area (Å²) in [5.74, 6) is -3.96. The molecular formula is C25H28N8O5. The molecule has 2 fully saturated rings. The van der Waals surface area contributed by atoms with Crippen LogP contribution in [0.5, 0.6) is 0 Å². The van der Waals surface area contributed by atoms with Gasteiger partial charge in [0.15, 0.2) is 17.6 Å². The van der Waals surface area contributed by atoms with Gasteiger partial charge >= 0.3 is 0 Å². The summed E-state index contributed by atoms with van der Waals surface area (Å²) in [4.78, 5) is 49.3. The van der Waals surface area contributed by atoms with E-state index in [1.54, 1.807) is 12.1 Å². The summed E-state index contributed by atoms with van der Waals surface area (Å²) in [6.45, 7) is 1.70. The van der Waals surface area contributed by atoms with Crippen molar-refractivity contribution >= 4 is 40.4 Å². The summed E-state index contributed by atoms with van der Waals surface area (Å²) in [5.41, 5.74) is 11.9. The highest BCUT2D eigenvalue weighted by Gasteiger charge is 2.73. The predicted octanol–water partition coefficient (Wildman–Crippen LogP) is -1.93. The van der Waals surface area contributed by atoms with Gasteiger partial charge in [0, 0.05) is 24.9 Å². The van der Waals surface area contributed by atoms with Gasteiger partial charge in [0.1, 0.15) is 12.1 Å². The van der Waals surface area contributed by atoms with Crippen LogP contribution in [0.15, 0.2) is 46.4 Å². The molecule has 13 nitrogen and oxygen atoms in total. The van der Waals surface area contributed by atoms with Crippen LogP contribution in [-0.2, 0) is 9.59 Å². The van der Waals surface area contributed by atoms with Gasteiger partial charge in [-0.3, -0.25) is 19.3 Å². The van der Waals surface area contributed by atoms with Crippen LogP contribution in [0.25, 0.3) is 10.8 Å². The lowest BCUT2D eigenvalue weighted by Crippen LogP contribution is -2.78. The number of benzene rings is 2. The van der Waals surface area contributed by atoms with E-state index in [1.165, 1.54) is 4.90 Å². The second-order valence-electron chi connectivity index (χ2n) is 10.1. The number of aliphatic imine (C=N–C) groups is 2. The molecule has 1 unspecified atom stereocenters. The van der Waals surface area contributed by atoms with E-state index in [1.807, 2.05) is 31.2 Å². The zero-order valence-corrected chi connectivity index (χ0v) is 20.6. The quantitative estimate of drug-likeness (QED) is 0.196. The van der Waals surface area contributed by atoms with Crippen molar-refractivity contribution in [1.29, 1.82) is 0 Å². The molecule has 0 bridgehead atoms. The third kappa shape index (κ3) is 3.21. The van der Waals surface area contributed by atoms with Crippen LogP contribution < -0.4 is 22.1 Å². The monoisotopic (exact) mass is 520 g/mol. The average molecular weight is 521 g/mol. The number of nitrogens with zero attached hydrogens (tertiary/aromatic N) is 4. The zero-order chi connectivity index (χ0) is 27.0. The van der Waals surface area contributed by atoms with Crippen LogP contribution in [-0.4, -0.2) is 92.3 Å². The topological polar surface area (TPSA) is 199 Å². The first kappa shape index (κ1) is 24.1. The second kappa shape index (κ2) is 8.13. The van der Waals surface area contributed by atoms with E-state index in [0.29, 0.717) is 5.56 Å². The Morgan fingerprint density at radius 2 is 1.79 bits per heavy atom. The first-order chi connectivity index (χ1) is 18.0. The molecule has 0 aliphatic carbocycles. The normalized spacial score (nSPS) is 29.6. The van der Waals surface area contributed by atoms with Gasteiger partial charge < -0.3 is 37.2 Å². The highest BCUT2D eigenvalue weighted by Crippen LogP contribution is 2.45. The maximum absolute atomic E-state index is 13.5. The lowest BCUT2D eigenvalue weighted by Gasteiger charge is -2.49. The van der Waals surface area contributed by atoms with E-state index in [0.717, 1.165) is 21.2 Å². The third-order valence-corrected chi connectivity index (χ3v) is 8.02. The number of hydrogen-bond donors (Lipinski definition) is 6. The summed E-state index contributed by atoms with van der Waals surface area (Å²) >= 11 is 0. The van der Waals surface area contributed by atoms with E-state index in [4.69, 9.17) is 11.5 Å². The van der Waals surface area contributed by atoms with E-state index in [-0.39, 0.29) is 49.7 Å². The predicted molar refractivity (Wildman–Crippen MR) is 136 cm³/mol. The van der Waals surface area contributed by atoms with E-state index in [2.05, 4.69) is 20.6 Å². The van der Waals surface area contributed by atoms with Crippen molar-refractivity contribution in [2.75, 3.05) is 13.1 Å². The Hall–Kier alpha value is -4.23. The number of amides is 3. The molecule has 2 aromatic carbocycles. The lowest BCUT2D eigenvalue weighted by molar-refractivity contribution is -0.230. The number of aliphatic hydroxyl groups is 2. The van der Waals surface area contributed by atoms with Gasteiger partial charge in [0.2, 0.25) is 17.6 Å². The van der Waals surface area contributed by atoms with Crippen LogP contribution in [0.4, 0.5) is 0 Å². The number of nitrogens with one attached hydrogen (secondary N) is 2. The Morgan fingerprint density at radius 3 is 2.53 bits per heavy atom. The Labute approximate surface area is 217 Å². The Bertz CT molecular complexity index is 1440. The molecule has 0 aromatic heterocycles. The SMILES string of the molecule is Cc1cccc2c(C(=O)NC3CN4C(N)=N[C@@H](CN5C(=O)CCC5=O)[C@@H]5N=C(N)N[C@@]54C3(O)O)cccc12. The minimum Gasteiger partial charge on any atom is -0.370 e. The van der Waals surface area contributed by atoms with Crippen molar-refractivity contribution in [3.63, 3.8) is 0 Å². The number of hydrogen-bond acceptors (Lipinski definition) is 11. The van der Waals surface area contributed by atoms with E-state index < -0.39 is 35.5 Å². The molecule has 2 saturated heterocycles. The summed E-state index contributed by atoms with van der Waals surface area (Å²) in [6.07, 6.45) is 0.199. The standard InChI is InChI=1S/C25H28N8O5/c1-12-4-2-6-14-13(12)5-3-7-15(14)21(36)29-17-11-33-23(27)28-16(10-32-18(34)8-9-19(32)35)20-24(33,25(17,37)38)31-22(26)30-20/h2-7,16-17,20,37-38H,8-11H2,1H3,(H2,27,28)(H,29,36)(H3,26,30,31)/t16-,17?,20-,24-/m0/s1. The average Bonchev–Trinajstić information content (AvgIpc) is 3.47. The minimum absolute atomic E-state index is 0.0623. The van der Waals surface area contributed by atoms with Gasteiger partial charge in [-0.2, -0.15) is 0 Å². The van der Waals surface area contributed by atoms with Gasteiger partial charge in [-0.1, -0.05) is 30.3 Å². The molecule has 0 saturated carbocycles. The van der Waals surface area contributed by atoms with Crippen molar-refractivity contribution in [1.82, 2.24) is 20.4 Å². The number of rotatable bonds is 4. The number of likely N-dealkylation sites (tertiary alicyclic amines) is 1. The van der Waals surface area contributed by atoms with Crippen molar-refractivity contribution in [2.24, 2.45) is 21.5 Å². The smallest absolute Gasteiger partial charge is 0.252 e. The van der Waals surface area contributed by atoms with Gasteiger partial charge in [-0.05, 0) is 29.3 Å².